The van der Waals surface area contributed by atoms with Crippen LogP contribution in [-0.2, 0) is 0 Å². The third-order valence-corrected chi connectivity index (χ3v) is 3.91. The summed E-state index contributed by atoms with van der Waals surface area (Å²) < 4.78 is 5.41. The quantitative estimate of drug-likeness (QED) is 0.583. The number of aromatic nitrogens is 3. The van der Waals surface area contributed by atoms with Crippen LogP contribution in [-0.4, -0.2) is 21.1 Å². The number of hydrogen-bond acceptors (Lipinski definition) is 5. The maximum Gasteiger partial charge on any atom is 0.322 e. The molecule has 132 valence electrons. The van der Waals surface area contributed by atoms with Crippen molar-refractivity contribution in [2.45, 2.75) is 0 Å². The maximum atomic E-state index is 12.4. The highest BCUT2D eigenvalue weighted by Crippen LogP contribution is 2.20. The first-order valence-corrected chi connectivity index (χ1v) is 8.20. The molecule has 27 heavy (non-hydrogen) atoms. The fourth-order valence-electron chi connectivity index (χ4n) is 2.57. The molecule has 0 unspecified atom stereocenters. The first kappa shape index (κ1) is 16.5. The van der Waals surface area contributed by atoms with E-state index in [0.29, 0.717) is 11.3 Å². The number of anilines is 1. The molecule has 0 saturated heterocycles. The van der Waals surface area contributed by atoms with E-state index in [1.165, 1.54) is 0 Å². The van der Waals surface area contributed by atoms with Crippen molar-refractivity contribution in [1.82, 2.24) is 15.2 Å². The van der Waals surface area contributed by atoms with Gasteiger partial charge in [0, 0.05) is 11.3 Å². The van der Waals surface area contributed by atoms with Crippen LogP contribution in [0.3, 0.4) is 0 Å². The van der Waals surface area contributed by atoms with Gasteiger partial charge in [0.2, 0.25) is 0 Å². The Bertz CT molecular complexity index is 1130. The molecule has 0 aliphatic rings. The van der Waals surface area contributed by atoms with Gasteiger partial charge < -0.3 is 9.40 Å². The zero-order chi connectivity index (χ0) is 18.6. The lowest BCUT2D eigenvalue weighted by Crippen LogP contribution is -2.11. The van der Waals surface area contributed by atoms with Gasteiger partial charge in [-0.2, -0.15) is 0 Å². The molecular weight excluding hydrogens is 344 g/mol. The standard InChI is InChI=1S/C20H14N4O3/c25-17(14-9-5-2-6-10-14)22-20-24-23-19(27-20)15-11-12-16(21-18(15)26)13-7-3-1-4-8-13/h1-12H,(H,21,26)(H,22,24,25). The van der Waals surface area contributed by atoms with Gasteiger partial charge in [0.05, 0.1) is 0 Å². The molecule has 0 radical (unpaired) electrons. The van der Waals surface area contributed by atoms with Crippen LogP contribution in [0.25, 0.3) is 22.7 Å². The molecule has 2 aromatic heterocycles. The fraction of sp³-hybridized carbons (Fsp3) is 0. The van der Waals surface area contributed by atoms with Crippen molar-refractivity contribution in [2.24, 2.45) is 0 Å². The second-order valence-electron chi connectivity index (χ2n) is 5.71. The first-order chi connectivity index (χ1) is 13.2. The maximum absolute atomic E-state index is 12.4. The van der Waals surface area contributed by atoms with Gasteiger partial charge in [0.25, 0.3) is 17.4 Å². The zero-order valence-electron chi connectivity index (χ0n) is 14.0. The smallest absolute Gasteiger partial charge is 0.322 e. The van der Waals surface area contributed by atoms with Gasteiger partial charge in [0.1, 0.15) is 5.56 Å². The minimum atomic E-state index is -0.376. The van der Waals surface area contributed by atoms with Crippen LogP contribution in [0.15, 0.2) is 82.0 Å². The van der Waals surface area contributed by atoms with Crippen LogP contribution in [0.5, 0.6) is 0 Å². The highest BCUT2D eigenvalue weighted by molar-refractivity contribution is 6.03. The van der Waals surface area contributed by atoms with Gasteiger partial charge in [-0.05, 0) is 29.8 Å². The van der Waals surface area contributed by atoms with Crippen LogP contribution >= 0.6 is 0 Å². The molecule has 0 saturated carbocycles. The molecular formula is C20H14N4O3. The number of pyridine rings is 1. The molecule has 0 aliphatic heterocycles. The van der Waals surface area contributed by atoms with E-state index >= 15 is 0 Å². The number of nitrogens with zero attached hydrogens (tertiary/aromatic N) is 2. The minimum absolute atomic E-state index is 0.0271. The summed E-state index contributed by atoms with van der Waals surface area (Å²) in [5.41, 5.74) is 1.90. The Morgan fingerprint density at radius 1 is 0.889 bits per heavy atom. The van der Waals surface area contributed by atoms with Crippen molar-refractivity contribution in [1.29, 1.82) is 0 Å². The third-order valence-electron chi connectivity index (χ3n) is 3.91. The monoisotopic (exact) mass is 358 g/mol. The summed E-state index contributed by atoms with van der Waals surface area (Å²) in [6.07, 6.45) is 0. The van der Waals surface area contributed by atoms with Crippen LogP contribution in [0, 0.1) is 0 Å². The van der Waals surface area contributed by atoms with Gasteiger partial charge in [0.15, 0.2) is 0 Å². The summed E-state index contributed by atoms with van der Waals surface area (Å²) in [7, 11) is 0. The Labute approximate surface area is 153 Å². The van der Waals surface area contributed by atoms with E-state index in [0.717, 1.165) is 5.56 Å². The summed E-state index contributed by atoms with van der Waals surface area (Å²) in [6, 6.07) is 21.4. The molecule has 2 aromatic carbocycles. The summed E-state index contributed by atoms with van der Waals surface area (Å²) >= 11 is 0. The van der Waals surface area contributed by atoms with Gasteiger partial charge in [-0.3, -0.25) is 14.9 Å². The fourth-order valence-corrected chi connectivity index (χ4v) is 2.57. The molecule has 7 nitrogen and oxygen atoms in total. The van der Waals surface area contributed by atoms with Crippen molar-refractivity contribution in [2.75, 3.05) is 5.32 Å². The lowest BCUT2D eigenvalue weighted by atomic mass is 10.1. The Hall–Kier alpha value is -4.00. The molecule has 2 heterocycles. The van der Waals surface area contributed by atoms with E-state index in [2.05, 4.69) is 20.5 Å². The molecule has 0 bridgehead atoms. The molecule has 0 atom stereocenters. The van der Waals surface area contributed by atoms with Crippen molar-refractivity contribution in [3.8, 4) is 22.7 Å². The van der Waals surface area contributed by atoms with Crippen LogP contribution < -0.4 is 10.9 Å². The van der Waals surface area contributed by atoms with E-state index in [-0.39, 0.29) is 28.9 Å². The second kappa shape index (κ2) is 7.09. The lowest BCUT2D eigenvalue weighted by Gasteiger charge is -2.02. The second-order valence-corrected chi connectivity index (χ2v) is 5.71. The van der Waals surface area contributed by atoms with Crippen LogP contribution in [0.4, 0.5) is 6.01 Å². The number of carbonyl (C=O) groups is 1. The molecule has 1 amide bonds. The lowest BCUT2D eigenvalue weighted by molar-refractivity contribution is 0.102. The van der Waals surface area contributed by atoms with E-state index < -0.39 is 0 Å². The molecule has 0 aliphatic carbocycles. The Kier molecular flexibility index (Phi) is 4.32. The van der Waals surface area contributed by atoms with Gasteiger partial charge >= 0.3 is 6.01 Å². The van der Waals surface area contributed by atoms with E-state index in [4.69, 9.17) is 4.42 Å². The zero-order valence-corrected chi connectivity index (χ0v) is 14.0. The average Bonchev–Trinajstić information content (AvgIpc) is 3.17. The predicted molar refractivity (Wildman–Crippen MR) is 100 cm³/mol. The van der Waals surface area contributed by atoms with E-state index in [9.17, 15) is 9.59 Å². The largest absolute Gasteiger partial charge is 0.403 e. The highest BCUT2D eigenvalue weighted by atomic mass is 16.4. The Morgan fingerprint density at radius 3 is 2.30 bits per heavy atom. The molecule has 2 N–H and O–H groups in total. The number of nitrogens with one attached hydrogen (secondary N) is 2. The Morgan fingerprint density at radius 2 is 1.59 bits per heavy atom. The van der Waals surface area contributed by atoms with Gasteiger partial charge in [-0.25, -0.2) is 0 Å². The minimum Gasteiger partial charge on any atom is -0.403 e. The highest BCUT2D eigenvalue weighted by Gasteiger charge is 2.15. The normalized spacial score (nSPS) is 10.5. The van der Waals surface area contributed by atoms with Gasteiger partial charge in [-0.15, -0.1) is 5.10 Å². The van der Waals surface area contributed by atoms with Crippen LogP contribution in [0.2, 0.25) is 0 Å². The number of carbonyl (C=O) groups excluding carboxylic acids is 1. The van der Waals surface area contributed by atoms with E-state index in [1.54, 1.807) is 36.4 Å². The summed E-state index contributed by atoms with van der Waals surface area (Å²) in [5, 5.41) is 10.1. The van der Waals surface area contributed by atoms with Gasteiger partial charge in [-0.1, -0.05) is 53.6 Å². The molecule has 7 heteroatoms. The van der Waals surface area contributed by atoms with Crippen molar-refractivity contribution < 1.29 is 9.21 Å². The Balaban J connectivity index is 1.57. The predicted octanol–water partition coefficient (Wildman–Crippen LogP) is 3.34. The number of rotatable bonds is 4. The number of aromatic amines is 1. The van der Waals surface area contributed by atoms with Crippen molar-refractivity contribution >= 4 is 11.9 Å². The first-order valence-electron chi connectivity index (χ1n) is 8.20. The molecule has 4 aromatic rings. The SMILES string of the molecule is O=C(Nc1nnc(-c2ccc(-c3ccccc3)[nH]c2=O)o1)c1ccccc1. The van der Waals surface area contributed by atoms with Crippen molar-refractivity contribution in [3.63, 3.8) is 0 Å². The van der Waals surface area contributed by atoms with Crippen LogP contribution in [0.1, 0.15) is 10.4 Å². The number of H-pyrrole nitrogens is 1. The van der Waals surface area contributed by atoms with E-state index in [1.807, 2.05) is 36.4 Å². The topological polar surface area (TPSA) is 101 Å². The number of benzene rings is 2. The summed E-state index contributed by atoms with van der Waals surface area (Å²) in [5.74, 6) is -0.349. The molecule has 0 spiro atoms. The molecule has 0 fully saturated rings. The summed E-state index contributed by atoms with van der Waals surface area (Å²) in [4.78, 5) is 27.3. The third kappa shape index (κ3) is 3.52. The van der Waals surface area contributed by atoms with Crippen molar-refractivity contribution in [3.05, 3.63) is 88.7 Å². The molecule has 4 rings (SSSR count). The summed E-state index contributed by atoms with van der Waals surface area (Å²) in [6.45, 7) is 0. The average molecular weight is 358 g/mol. The number of amides is 1. The number of hydrogen-bond donors (Lipinski definition) is 2.